The van der Waals surface area contributed by atoms with Gasteiger partial charge < -0.3 is 0 Å². The van der Waals surface area contributed by atoms with Crippen LogP contribution in [-0.4, -0.2) is 0 Å². The first-order valence-corrected chi connectivity index (χ1v) is 3.75. The van der Waals surface area contributed by atoms with Crippen LogP contribution in [0.5, 0.6) is 0 Å². The summed E-state index contributed by atoms with van der Waals surface area (Å²) in [5.41, 5.74) is 1.42. The standard InChI is InChI=1S/C8H11P.HI/c1-2-7-5-3-4-6-8(7)9;/h3-6H,2,9H2,1H3;1H. The lowest BCUT2D eigenvalue weighted by molar-refractivity contribution is 1.16. The van der Waals surface area contributed by atoms with Crippen molar-refractivity contribution in [1.82, 2.24) is 0 Å². The van der Waals surface area contributed by atoms with Crippen LogP contribution in [-0.2, 0) is 6.42 Å². The monoisotopic (exact) mass is 266 g/mol. The molecule has 0 amide bonds. The van der Waals surface area contributed by atoms with Crippen molar-refractivity contribution in [3.8, 4) is 0 Å². The molecule has 2 heteroatoms. The molecule has 1 aromatic rings. The van der Waals surface area contributed by atoms with E-state index in [0.717, 1.165) is 6.42 Å². The Balaban J connectivity index is 0.000000810. The molecule has 0 radical (unpaired) electrons. The molecule has 0 aromatic heterocycles. The highest BCUT2D eigenvalue weighted by atomic mass is 127. The highest BCUT2D eigenvalue weighted by Crippen LogP contribution is 1.99. The second-order valence-electron chi connectivity index (χ2n) is 2.05. The Kier molecular flexibility index (Phi) is 5.28. The average Bonchev–Trinajstić information content (AvgIpc) is 1.89. The number of rotatable bonds is 1. The molecule has 0 aliphatic heterocycles. The first-order valence-electron chi connectivity index (χ1n) is 3.18. The first kappa shape index (κ1) is 10.4. The molecule has 0 spiro atoms. The molecule has 1 aromatic carbocycles. The van der Waals surface area contributed by atoms with Crippen molar-refractivity contribution in [3.05, 3.63) is 29.8 Å². The van der Waals surface area contributed by atoms with Gasteiger partial charge in [0.2, 0.25) is 0 Å². The topological polar surface area (TPSA) is 0 Å². The average molecular weight is 266 g/mol. The largest absolute Gasteiger partial charge is 0.107 e. The first-order chi connectivity index (χ1) is 4.34. The smallest absolute Gasteiger partial charge is 0.0271 e. The van der Waals surface area contributed by atoms with Crippen LogP contribution in [0.3, 0.4) is 0 Å². The third kappa shape index (κ3) is 2.55. The van der Waals surface area contributed by atoms with Crippen LogP contribution in [0.25, 0.3) is 0 Å². The fraction of sp³-hybridized carbons (Fsp3) is 0.250. The quantitative estimate of drug-likeness (QED) is 0.540. The van der Waals surface area contributed by atoms with Crippen molar-refractivity contribution in [1.29, 1.82) is 0 Å². The van der Waals surface area contributed by atoms with Gasteiger partial charge >= 0.3 is 0 Å². The van der Waals surface area contributed by atoms with E-state index in [-0.39, 0.29) is 24.0 Å². The van der Waals surface area contributed by atoms with Crippen LogP contribution in [0.2, 0.25) is 0 Å². The predicted molar refractivity (Wildman–Crippen MR) is 60.6 cm³/mol. The van der Waals surface area contributed by atoms with E-state index in [9.17, 15) is 0 Å². The summed E-state index contributed by atoms with van der Waals surface area (Å²) in [4.78, 5) is 0. The molecule has 0 N–H and O–H groups in total. The van der Waals surface area contributed by atoms with Gasteiger partial charge in [0.25, 0.3) is 0 Å². The summed E-state index contributed by atoms with van der Waals surface area (Å²) in [6.45, 7) is 2.17. The molecule has 0 aliphatic rings. The number of hydrogen-bond donors (Lipinski definition) is 0. The summed E-state index contributed by atoms with van der Waals surface area (Å²) in [6, 6.07) is 8.40. The van der Waals surface area contributed by atoms with E-state index in [4.69, 9.17) is 0 Å². The molecule has 0 fully saturated rings. The van der Waals surface area contributed by atoms with E-state index in [1.807, 2.05) is 0 Å². The number of aryl methyl sites for hydroxylation is 1. The van der Waals surface area contributed by atoms with Gasteiger partial charge in [-0.2, -0.15) is 0 Å². The molecular formula is C8H12IP. The van der Waals surface area contributed by atoms with Gasteiger partial charge in [-0.3, -0.25) is 0 Å². The summed E-state index contributed by atoms with van der Waals surface area (Å²) < 4.78 is 0. The molecule has 1 atom stereocenters. The Hall–Kier alpha value is 0.380. The van der Waals surface area contributed by atoms with Gasteiger partial charge in [0.15, 0.2) is 0 Å². The van der Waals surface area contributed by atoms with Crippen LogP contribution in [0.4, 0.5) is 0 Å². The van der Waals surface area contributed by atoms with Gasteiger partial charge in [0.1, 0.15) is 0 Å². The van der Waals surface area contributed by atoms with E-state index in [2.05, 4.69) is 40.4 Å². The van der Waals surface area contributed by atoms with Crippen molar-refractivity contribution < 1.29 is 0 Å². The minimum Gasteiger partial charge on any atom is -0.107 e. The molecule has 0 saturated carbocycles. The van der Waals surface area contributed by atoms with Crippen molar-refractivity contribution in [3.63, 3.8) is 0 Å². The molecule has 0 saturated heterocycles. The van der Waals surface area contributed by atoms with E-state index in [0.29, 0.717) is 0 Å². The Bertz CT molecular complexity index is 198. The summed E-state index contributed by atoms with van der Waals surface area (Å²) in [7, 11) is 2.73. The minimum absolute atomic E-state index is 0. The van der Waals surface area contributed by atoms with Gasteiger partial charge in [-0.1, -0.05) is 31.2 Å². The van der Waals surface area contributed by atoms with Crippen LogP contribution >= 0.6 is 33.2 Å². The van der Waals surface area contributed by atoms with Crippen molar-refractivity contribution in [2.24, 2.45) is 0 Å². The second kappa shape index (κ2) is 5.09. The van der Waals surface area contributed by atoms with E-state index in [1.54, 1.807) is 0 Å². The SMILES string of the molecule is CCc1ccccc1P.I. The van der Waals surface area contributed by atoms with Gasteiger partial charge in [-0.05, 0) is 17.3 Å². The fourth-order valence-electron chi connectivity index (χ4n) is 0.856. The molecule has 0 nitrogen and oxygen atoms in total. The maximum Gasteiger partial charge on any atom is -0.0271 e. The van der Waals surface area contributed by atoms with Gasteiger partial charge in [0.05, 0.1) is 0 Å². The van der Waals surface area contributed by atoms with Crippen LogP contribution in [0.15, 0.2) is 24.3 Å². The number of halogens is 1. The third-order valence-electron chi connectivity index (χ3n) is 1.44. The lowest BCUT2D eigenvalue weighted by Gasteiger charge is -1.98. The molecule has 0 heterocycles. The molecule has 1 unspecified atom stereocenters. The molecule has 0 aliphatic carbocycles. The summed E-state index contributed by atoms with van der Waals surface area (Å²) >= 11 is 0. The van der Waals surface area contributed by atoms with E-state index >= 15 is 0 Å². The Labute approximate surface area is 81.6 Å². The molecular weight excluding hydrogens is 254 g/mol. The molecule has 10 heavy (non-hydrogen) atoms. The zero-order chi connectivity index (χ0) is 6.69. The maximum absolute atomic E-state index is 2.73. The van der Waals surface area contributed by atoms with Gasteiger partial charge in [-0.25, -0.2) is 0 Å². The zero-order valence-electron chi connectivity index (χ0n) is 6.00. The molecule has 1 rings (SSSR count). The number of benzene rings is 1. The molecule has 0 bridgehead atoms. The van der Waals surface area contributed by atoms with Gasteiger partial charge in [-0.15, -0.1) is 33.2 Å². The lowest BCUT2D eigenvalue weighted by atomic mass is 10.2. The fourth-order valence-corrected chi connectivity index (χ4v) is 1.27. The van der Waals surface area contributed by atoms with Crippen LogP contribution < -0.4 is 5.30 Å². The molecule has 56 valence electrons. The summed E-state index contributed by atoms with van der Waals surface area (Å²) in [5, 5.41) is 1.32. The van der Waals surface area contributed by atoms with Crippen molar-refractivity contribution in [2.45, 2.75) is 13.3 Å². The second-order valence-corrected chi connectivity index (χ2v) is 2.67. The Morgan fingerprint density at radius 3 is 2.30 bits per heavy atom. The van der Waals surface area contributed by atoms with E-state index < -0.39 is 0 Å². The highest BCUT2D eigenvalue weighted by Gasteiger charge is 1.89. The van der Waals surface area contributed by atoms with Crippen molar-refractivity contribution >= 4 is 38.5 Å². The Morgan fingerprint density at radius 2 is 1.90 bits per heavy atom. The van der Waals surface area contributed by atoms with Gasteiger partial charge in [0, 0.05) is 0 Å². The third-order valence-corrected chi connectivity index (χ3v) is 2.00. The van der Waals surface area contributed by atoms with Crippen LogP contribution in [0.1, 0.15) is 12.5 Å². The lowest BCUT2D eigenvalue weighted by Crippen LogP contribution is -1.97. The van der Waals surface area contributed by atoms with E-state index in [1.165, 1.54) is 10.9 Å². The zero-order valence-corrected chi connectivity index (χ0v) is 9.49. The normalized spacial score (nSPS) is 8.60. The number of hydrogen-bond acceptors (Lipinski definition) is 0. The van der Waals surface area contributed by atoms with Crippen LogP contribution in [0, 0.1) is 0 Å². The minimum atomic E-state index is 0. The predicted octanol–water partition coefficient (Wildman–Crippen LogP) is 2.37. The highest BCUT2D eigenvalue weighted by molar-refractivity contribution is 14.0. The summed E-state index contributed by atoms with van der Waals surface area (Å²) in [6.07, 6.45) is 1.12. The Morgan fingerprint density at radius 1 is 1.30 bits per heavy atom. The summed E-state index contributed by atoms with van der Waals surface area (Å²) in [5.74, 6) is 0. The van der Waals surface area contributed by atoms with Crippen molar-refractivity contribution in [2.75, 3.05) is 0 Å². The maximum atomic E-state index is 2.73.